The highest BCUT2D eigenvalue weighted by molar-refractivity contribution is 6.00. The molecule has 2 aliphatic rings. The number of benzene rings is 1. The molecule has 0 aliphatic carbocycles. The molecule has 1 atom stereocenters. The zero-order valence-corrected chi connectivity index (χ0v) is 20.5. The number of aryl methyl sites for hydroxylation is 1. The van der Waals surface area contributed by atoms with E-state index in [9.17, 15) is 19.7 Å². The zero-order chi connectivity index (χ0) is 24.9. The number of anilines is 1. The lowest BCUT2D eigenvalue weighted by atomic mass is 10.1. The number of Topliss-reactive ketones (excluding diaryl/α,β-unsaturated/α-hetero) is 1. The molecule has 0 spiro atoms. The van der Waals surface area contributed by atoms with Gasteiger partial charge in [0.2, 0.25) is 5.78 Å². The molecule has 1 aromatic carbocycles. The molecule has 2 fully saturated rings. The molecule has 2 aromatic rings. The Hall–Kier alpha value is -3.20. The van der Waals surface area contributed by atoms with Crippen LogP contribution < -0.4 is 4.90 Å². The fourth-order valence-electron chi connectivity index (χ4n) is 5.02. The summed E-state index contributed by atoms with van der Waals surface area (Å²) in [7, 11) is 0. The van der Waals surface area contributed by atoms with Crippen LogP contribution in [0.15, 0.2) is 24.3 Å². The van der Waals surface area contributed by atoms with Crippen LogP contribution >= 0.6 is 0 Å². The molecule has 1 unspecified atom stereocenters. The number of nitro groups is 1. The molecule has 1 aromatic heterocycles. The van der Waals surface area contributed by atoms with Crippen molar-refractivity contribution in [3.8, 4) is 0 Å². The van der Waals surface area contributed by atoms with Crippen LogP contribution in [0.5, 0.6) is 0 Å². The topological polar surface area (TPSA) is 104 Å². The maximum Gasteiger partial charge on any atom is 0.338 e. The monoisotopic (exact) mass is 483 g/mol. The Balaban J connectivity index is 1.43. The van der Waals surface area contributed by atoms with E-state index in [0.717, 1.165) is 69.6 Å². The van der Waals surface area contributed by atoms with Crippen molar-refractivity contribution in [2.45, 2.75) is 65.0 Å². The van der Waals surface area contributed by atoms with Crippen LogP contribution in [0.25, 0.3) is 0 Å². The van der Waals surface area contributed by atoms with Gasteiger partial charge in [-0.05, 0) is 57.7 Å². The van der Waals surface area contributed by atoms with E-state index in [1.807, 2.05) is 18.7 Å². The van der Waals surface area contributed by atoms with Crippen molar-refractivity contribution in [1.29, 1.82) is 0 Å². The van der Waals surface area contributed by atoms with Gasteiger partial charge in [-0.15, -0.1) is 0 Å². The number of carbonyl (C=O) groups excluding carboxylic acids is 2. The Morgan fingerprint density at radius 1 is 1.11 bits per heavy atom. The van der Waals surface area contributed by atoms with E-state index in [-0.39, 0.29) is 23.1 Å². The third-order valence-electron chi connectivity index (χ3n) is 6.97. The second kappa shape index (κ2) is 11.0. The molecular weight excluding hydrogens is 450 g/mol. The van der Waals surface area contributed by atoms with Crippen molar-refractivity contribution in [2.24, 2.45) is 0 Å². The van der Waals surface area contributed by atoms with Crippen molar-refractivity contribution < 1.29 is 24.0 Å². The highest BCUT2D eigenvalue weighted by Gasteiger charge is 2.25. The minimum atomic E-state index is -0.753. The fourth-order valence-corrected chi connectivity index (χ4v) is 5.02. The van der Waals surface area contributed by atoms with Gasteiger partial charge >= 0.3 is 5.97 Å². The number of esters is 1. The van der Waals surface area contributed by atoms with Crippen molar-refractivity contribution in [3.63, 3.8) is 0 Å². The Kier molecular flexibility index (Phi) is 7.85. The average molecular weight is 484 g/mol. The summed E-state index contributed by atoms with van der Waals surface area (Å²) in [4.78, 5) is 38.8. The average Bonchev–Trinajstić information content (AvgIpc) is 3.35. The molecule has 3 heterocycles. The third kappa shape index (κ3) is 5.73. The first-order valence-corrected chi connectivity index (χ1v) is 12.4. The highest BCUT2D eigenvalue weighted by Crippen LogP contribution is 2.31. The molecule has 0 radical (unpaired) electrons. The largest absolute Gasteiger partial charge is 0.454 e. The van der Waals surface area contributed by atoms with E-state index in [0.29, 0.717) is 17.8 Å². The van der Waals surface area contributed by atoms with Gasteiger partial charge in [-0.1, -0.05) is 12.8 Å². The van der Waals surface area contributed by atoms with Gasteiger partial charge in [0, 0.05) is 49.3 Å². The minimum absolute atomic E-state index is 0.0620. The number of aromatic nitrogens is 1. The van der Waals surface area contributed by atoms with Gasteiger partial charge in [0.05, 0.1) is 16.6 Å². The Morgan fingerprint density at radius 2 is 1.86 bits per heavy atom. The Bertz CT molecular complexity index is 1090. The summed E-state index contributed by atoms with van der Waals surface area (Å²) in [6.07, 6.45) is 6.38. The summed E-state index contributed by atoms with van der Waals surface area (Å²) in [5, 5.41) is 11.7. The van der Waals surface area contributed by atoms with Crippen molar-refractivity contribution in [1.82, 2.24) is 4.57 Å². The predicted molar refractivity (Wildman–Crippen MR) is 131 cm³/mol. The van der Waals surface area contributed by atoms with Crippen LogP contribution in [0.2, 0.25) is 0 Å². The third-order valence-corrected chi connectivity index (χ3v) is 6.97. The second-order valence-corrected chi connectivity index (χ2v) is 9.39. The van der Waals surface area contributed by atoms with Gasteiger partial charge < -0.3 is 18.9 Å². The van der Waals surface area contributed by atoms with E-state index < -0.39 is 17.5 Å². The first kappa shape index (κ1) is 24.9. The van der Waals surface area contributed by atoms with Crippen LogP contribution in [0.1, 0.15) is 70.6 Å². The predicted octanol–water partition coefficient (Wildman–Crippen LogP) is 4.61. The number of rotatable bonds is 8. The second-order valence-electron chi connectivity index (χ2n) is 9.39. The zero-order valence-electron chi connectivity index (χ0n) is 20.5. The van der Waals surface area contributed by atoms with E-state index in [4.69, 9.17) is 9.47 Å². The lowest BCUT2D eigenvalue weighted by Gasteiger charge is -2.22. The summed E-state index contributed by atoms with van der Waals surface area (Å²) in [6.45, 7) is 6.36. The molecule has 35 heavy (non-hydrogen) atoms. The lowest BCUT2D eigenvalue weighted by Crippen LogP contribution is -2.25. The molecule has 0 bridgehead atoms. The first-order chi connectivity index (χ1) is 16.8. The van der Waals surface area contributed by atoms with E-state index >= 15 is 0 Å². The minimum Gasteiger partial charge on any atom is -0.454 e. The summed E-state index contributed by atoms with van der Waals surface area (Å²) < 4.78 is 13.0. The number of nitrogens with zero attached hydrogens (tertiary/aromatic N) is 3. The number of hydrogen-bond acceptors (Lipinski definition) is 7. The molecule has 0 amide bonds. The normalized spacial score (nSPS) is 18.3. The molecule has 188 valence electrons. The summed E-state index contributed by atoms with van der Waals surface area (Å²) >= 11 is 0. The molecule has 2 aliphatic heterocycles. The van der Waals surface area contributed by atoms with Crippen LogP contribution in [0.4, 0.5) is 11.4 Å². The summed E-state index contributed by atoms with van der Waals surface area (Å²) in [5.41, 5.74) is 2.74. The van der Waals surface area contributed by atoms with Gasteiger partial charge in [0.1, 0.15) is 5.69 Å². The fraction of sp³-hybridized carbons (Fsp3) is 0.538. The van der Waals surface area contributed by atoms with E-state index in [2.05, 4.69) is 4.57 Å². The number of nitro benzene ring substituents is 1. The Morgan fingerprint density at radius 3 is 2.51 bits per heavy atom. The van der Waals surface area contributed by atoms with Crippen molar-refractivity contribution >= 4 is 23.1 Å². The lowest BCUT2D eigenvalue weighted by molar-refractivity contribution is -0.384. The SMILES string of the molecule is Cc1cc(C(=O)COC(=O)c2ccc(N3CCCCCC3)c([N+](=O)[O-])c2)c(C)n1CC1CCCO1. The molecule has 4 rings (SSSR count). The smallest absolute Gasteiger partial charge is 0.338 e. The molecule has 9 nitrogen and oxygen atoms in total. The van der Waals surface area contributed by atoms with Crippen LogP contribution in [-0.2, 0) is 16.0 Å². The number of carbonyl (C=O) groups is 2. The van der Waals surface area contributed by atoms with Crippen LogP contribution in [0, 0.1) is 24.0 Å². The molecule has 9 heteroatoms. The highest BCUT2D eigenvalue weighted by atomic mass is 16.6. The molecule has 0 N–H and O–H groups in total. The quantitative estimate of drug-likeness (QED) is 0.234. The first-order valence-electron chi connectivity index (χ1n) is 12.4. The summed E-state index contributed by atoms with van der Waals surface area (Å²) in [5.74, 6) is -1.06. The Labute approximate surface area is 205 Å². The van der Waals surface area contributed by atoms with Crippen molar-refractivity contribution in [3.05, 3.63) is 56.9 Å². The van der Waals surface area contributed by atoms with Crippen molar-refractivity contribution in [2.75, 3.05) is 31.2 Å². The number of hydrogen-bond donors (Lipinski definition) is 0. The number of ether oxygens (including phenoxy) is 2. The van der Waals surface area contributed by atoms with Crippen LogP contribution in [0.3, 0.4) is 0 Å². The van der Waals surface area contributed by atoms with Gasteiger partial charge in [-0.25, -0.2) is 4.79 Å². The molecular formula is C26H33N3O6. The number of ketones is 1. The maximum absolute atomic E-state index is 12.8. The molecule has 0 saturated carbocycles. The van der Waals surface area contributed by atoms with E-state index in [1.165, 1.54) is 12.1 Å². The van der Waals surface area contributed by atoms with Gasteiger partial charge in [-0.3, -0.25) is 14.9 Å². The van der Waals surface area contributed by atoms with Crippen LogP contribution in [-0.4, -0.2) is 53.7 Å². The van der Waals surface area contributed by atoms with Gasteiger partial charge in [0.25, 0.3) is 5.69 Å². The van der Waals surface area contributed by atoms with Gasteiger partial charge in [0.15, 0.2) is 6.61 Å². The maximum atomic E-state index is 12.8. The molecule has 2 saturated heterocycles. The standard InChI is InChI=1S/C26H33N3O6/c1-18-14-22(19(2)28(18)16-21-8-7-13-34-21)25(30)17-35-26(31)20-9-10-23(24(15-20)29(32)33)27-11-5-3-4-6-12-27/h9-10,14-15,21H,3-8,11-13,16-17H2,1-2H3. The van der Waals surface area contributed by atoms with Gasteiger partial charge in [-0.2, -0.15) is 0 Å². The van der Waals surface area contributed by atoms with E-state index in [1.54, 1.807) is 12.1 Å². The summed E-state index contributed by atoms with van der Waals surface area (Å²) in [6, 6.07) is 6.20.